The summed E-state index contributed by atoms with van der Waals surface area (Å²) in [6, 6.07) is 16.1. The minimum Gasteiger partial charge on any atom is -0.350 e. The van der Waals surface area contributed by atoms with Crippen LogP contribution in [0.2, 0.25) is 0 Å². The molecule has 0 radical (unpaired) electrons. The van der Waals surface area contributed by atoms with Crippen LogP contribution in [-0.4, -0.2) is 26.9 Å². The summed E-state index contributed by atoms with van der Waals surface area (Å²) in [6.45, 7) is 3.28. The summed E-state index contributed by atoms with van der Waals surface area (Å²) in [4.78, 5) is 27.2. The SMILES string of the molecule is Cc1ccc(C)c(N2C(=O)N(CC(=O)NCc3ccc(F)cc3)c3ccccc3S2(=O)=O)c1. The summed E-state index contributed by atoms with van der Waals surface area (Å²) in [6.07, 6.45) is 0. The largest absolute Gasteiger partial charge is 0.350 e. The number of sulfonamides is 1. The van der Waals surface area contributed by atoms with Crippen molar-refractivity contribution in [3.8, 4) is 0 Å². The van der Waals surface area contributed by atoms with E-state index in [0.29, 0.717) is 11.1 Å². The highest BCUT2D eigenvalue weighted by Crippen LogP contribution is 2.38. The van der Waals surface area contributed by atoms with E-state index in [9.17, 15) is 22.4 Å². The number of benzene rings is 3. The van der Waals surface area contributed by atoms with E-state index in [1.54, 1.807) is 50.2 Å². The molecule has 0 bridgehead atoms. The molecule has 1 aliphatic heterocycles. The van der Waals surface area contributed by atoms with Crippen LogP contribution in [0, 0.1) is 19.7 Å². The molecule has 0 aliphatic carbocycles. The standard InChI is InChI=1S/C24H22FN3O4S/c1-16-7-8-17(2)21(13-16)28-24(30)27(20-5-3-4-6-22(20)33(28,31)32)15-23(29)26-14-18-9-11-19(25)12-10-18/h3-13H,14-15H2,1-2H3,(H,26,29). The molecule has 3 aromatic rings. The van der Waals surface area contributed by atoms with Crippen molar-refractivity contribution >= 4 is 33.3 Å². The van der Waals surface area contributed by atoms with Gasteiger partial charge in [-0.1, -0.05) is 36.4 Å². The normalized spacial score (nSPS) is 14.7. The number of halogens is 1. The smallest absolute Gasteiger partial charge is 0.343 e. The fourth-order valence-corrected chi connectivity index (χ4v) is 5.29. The van der Waals surface area contributed by atoms with Gasteiger partial charge in [0.15, 0.2) is 0 Å². The van der Waals surface area contributed by atoms with Gasteiger partial charge in [-0.25, -0.2) is 17.6 Å². The number of rotatable bonds is 5. The lowest BCUT2D eigenvalue weighted by Crippen LogP contribution is -2.53. The molecule has 3 amide bonds. The Balaban J connectivity index is 1.67. The van der Waals surface area contributed by atoms with Crippen molar-refractivity contribution in [1.29, 1.82) is 0 Å². The molecule has 0 aromatic heterocycles. The fraction of sp³-hybridized carbons (Fsp3) is 0.167. The van der Waals surface area contributed by atoms with Crippen LogP contribution >= 0.6 is 0 Å². The average Bonchev–Trinajstić information content (AvgIpc) is 2.78. The molecule has 1 aliphatic rings. The third-order valence-electron chi connectivity index (χ3n) is 5.37. The van der Waals surface area contributed by atoms with Gasteiger partial charge in [-0.2, -0.15) is 4.31 Å². The van der Waals surface area contributed by atoms with E-state index < -0.39 is 22.0 Å². The molecular weight excluding hydrogens is 445 g/mol. The van der Waals surface area contributed by atoms with Crippen LogP contribution in [0.25, 0.3) is 0 Å². The number of para-hydroxylation sites is 1. The predicted molar refractivity (Wildman–Crippen MR) is 123 cm³/mol. The number of fused-ring (bicyclic) bond motifs is 1. The highest BCUT2D eigenvalue weighted by molar-refractivity contribution is 7.94. The van der Waals surface area contributed by atoms with Crippen LogP contribution in [0.15, 0.2) is 71.6 Å². The summed E-state index contributed by atoms with van der Waals surface area (Å²) in [7, 11) is -4.18. The van der Waals surface area contributed by atoms with Gasteiger partial charge in [-0.15, -0.1) is 0 Å². The second-order valence-electron chi connectivity index (χ2n) is 7.80. The van der Waals surface area contributed by atoms with Crippen LogP contribution < -0.4 is 14.5 Å². The summed E-state index contributed by atoms with van der Waals surface area (Å²) < 4.78 is 40.6. The van der Waals surface area contributed by atoms with Crippen molar-refractivity contribution < 1.29 is 22.4 Å². The van der Waals surface area contributed by atoms with E-state index in [4.69, 9.17) is 0 Å². The Hall–Kier alpha value is -3.72. The molecule has 0 unspecified atom stereocenters. The number of nitrogens with zero attached hydrogens (tertiary/aromatic N) is 2. The van der Waals surface area contributed by atoms with Crippen LogP contribution in [0.4, 0.5) is 20.6 Å². The van der Waals surface area contributed by atoms with Gasteiger partial charge in [0.2, 0.25) is 5.91 Å². The molecule has 7 nitrogen and oxygen atoms in total. The Morgan fingerprint density at radius 2 is 1.67 bits per heavy atom. The van der Waals surface area contributed by atoms with Gasteiger partial charge in [-0.3, -0.25) is 9.69 Å². The van der Waals surface area contributed by atoms with Crippen LogP contribution in [0.1, 0.15) is 16.7 Å². The minimum atomic E-state index is -4.18. The first-order valence-corrected chi connectivity index (χ1v) is 11.7. The zero-order valence-corrected chi connectivity index (χ0v) is 18.9. The van der Waals surface area contributed by atoms with Gasteiger partial charge in [0, 0.05) is 6.54 Å². The summed E-state index contributed by atoms with van der Waals surface area (Å²) in [5.74, 6) is -0.865. The Kier molecular flexibility index (Phi) is 5.90. The van der Waals surface area contributed by atoms with Crippen molar-refractivity contribution in [3.05, 3.63) is 89.2 Å². The number of hydrogen-bond acceptors (Lipinski definition) is 4. The predicted octanol–water partition coefficient (Wildman–Crippen LogP) is 3.89. The van der Waals surface area contributed by atoms with Crippen LogP contribution in [0.5, 0.6) is 0 Å². The lowest BCUT2D eigenvalue weighted by molar-refractivity contribution is -0.119. The van der Waals surface area contributed by atoms with Crippen LogP contribution in [0.3, 0.4) is 0 Å². The van der Waals surface area contributed by atoms with Gasteiger partial charge < -0.3 is 5.32 Å². The topological polar surface area (TPSA) is 86.8 Å². The number of carbonyl (C=O) groups excluding carboxylic acids is 2. The Morgan fingerprint density at radius 1 is 0.970 bits per heavy atom. The molecule has 170 valence electrons. The third kappa shape index (κ3) is 4.31. The minimum absolute atomic E-state index is 0.0585. The van der Waals surface area contributed by atoms with Crippen molar-refractivity contribution in [2.75, 3.05) is 15.7 Å². The molecular formula is C24H22FN3O4S. The first-order valence-electron chi connectivity index (χ1n) is 10.2. The van der Waals surface area contributed by atoms with Gasteiger partial charge >= 0.3 is 6.03 Å². The molecule has 0 saturated heterocycles. The Labute approximate surface area is 191 Å². The zero-order chi connectivity index (χ0) is 23.8. The zero-order valence-electron chi connectivity index (χ0n) is 18.1. The quantitative estimate of drug-likeness (QED) is 0.617. The van der Waals surface area contributed by atoms with Gasteiger partial charge in [0.1, 0.15) is 17.3 Å². The highest BCUT2D eigenvalue weighted by Gasteiger charge is 2.43. The number of anilines is 2. The Morgan fingerprint density at radius 3 is 2.39 bits per heavy atom. The summed E-state index contributed by atoms with van der Waals surface area (Å²) in [5.41, 5.74) is 2.47. The van der Waals surface area contributed by atoms with Crippen molar-refractivity contribution in [2.24, 2.45) is 0 Å². The Bertz CT molecular complexity index is 1340. The monoisotopic (exact) mass is 467 g/mol. The molecule has 0 atom stereocenters. The number of aryl methyl sites for hydroxylation is 2. The van der Waals surface area contributed by atoms with Gasteiger partial charge in [-0.05, 0) is 60.9 Å². The molecule has 9 heteroatoms. The first-order chi connectivity index (χ1) is 15.7. The average molecular weight is 468 g/mol. The first kappa shape index (κ1) is 22.5. The van der Waals surface area contributed by atoms with E-state index in [-0.39, 0.29) is 35.2 Å². The molecule has 4 rings (SSSR count). The molecule has 1 N–H and O–H groups in total. The maximum atomic E-state index is 13.5. The fourth-order valence-electron chi connectivity index (χ4n) is 3.64. The van der Waals surface area contributed by atoms with E-state index in [1.165, 1.54) is 24.3 Å². The van der Waals surface area contributed by atoms with E-state index >= 15 is 0 Å². The number of nitrogens with one attached hydrogen (secondary N) is 1. The third-order valence-corrected chi connectivity index (χ3v) is 7.10. The van der Waals surface area contributed by atoms with E-state index in [1.807, 2.05) is 6.07 Å². The van der Waals surface area contributed by atoms with Crippen molar-refractivity contribution in [1.82, 2.24) is 5.32 Å². The number of carbonyl (C=O) groups is 2. The second kappa shape index (κ2) is 8.67. The highest BCUT2D eigenvalue weighted by atomic mass is 32.2. The molecule has 0 spiro atoms. The number of hydrogen-bond donors (Lipinski definition) is 1. The lowest BCUT2D eigenvalue weighted by atomic mass is 10.1. The molecule has 0 fully saturated rings. The molecule has 1 heterocycles. The number of amides is 3. The summed E-state index contributed by atoms with van der Waals surface area (Å²) in [5, 5.41) is 2.69. The molecule has 3 aromatic carbocycles. The maximum Gasteiger partial charge on any atom is 0.343 e. The van der Waals surface area contributed by atoms with E-state index in [2.05, 4.69) is 5.32 Å². The van der Waals surface area contributed by atoms with Crippen molar-refractivity contribution in [2.45, 2.75) is 25.3 Å². The number of urea groups is 1. The van der Waals surface area contributed by atoms with Crippen molar-refractivity contribution in [3.63, 3.8) is 0 Å². The van der Waals surface area contributed by atoms with E-state index in [0.717, 1.165) is 14.8 Å². The van der Waals surface area contributed by atoms with Crippen LogP contribution in [-0.2, 0) is 21.4 Å². The molecule has 0 saturated carbocycles. The van der Waals surface area contributed by atoms with Gasteiger partial charge in [0.05, 0.1) is 11.4 Å². The molecule has 33 heavy (non-hydrogen) atoms. The summed E-state index contributed by atoms with van der Waals surface area (Å²) >= 11 is 0. The van der Waals surface area contributed by atoms with Gasteiger partial charge in [0.25, 0.3) is 10.0 Å². The maximum absolute atomic E-state index is 13.5. The lowest BCUT2D eigenvalue weighted by Gasteiger charge is -2.36. The second-order valence-corrected chi connectivity index (χ2v) is 9.55.